The molecule has 0 aromatic heterocycles. The van der Waals surface area contributed by atoms with Crippen LogP contribution in [0.2, 0.25) is 0 Å². The highest BCUT2D eigenvalue weighted by molar-refractivity contribution is 7.74. The first-order valence-corrected chi connectivity index (χ1v) is 2.19. The van der Waals surface area contributed by atoms with Crippen LogP contribution in [-0.4, -0.2) is 8.76 Å². The van der Waals surface area contributed by atoms with Gasteiger partial charge in [0.2, 0.25) is 0 Å². The predicted molar refractivity (Wildman–Crippen MR) is 22.1 cm³/mol. The van der Waals surface area contributed by atoms with Gasteiger partial charge >= 0.3 is 11.4 Å². The molecule has 0 rings (SSSR count). The van der Waals surface area contributed by atoms with Gasteiger partial charge in [0.25, 0.3) is 0 Å². The largest absolute Gasteiger partial charge is 0.389 e. The highest BCUT2D eigenvalue weighted by Crippen LogP contribution is 1.73. The van der Waals surface area contributed by atoms with Gasteiger partial charge < -0.3 is 4.18 Å². The zero-order chi connectivity index (χ0) is 4.99. The summed E-state index contributed by atoms with van der Waals surface area (Å²) < 4.78 is 21.0. The van der Waals surface area contributed by atoms with E-state index in [0.29, 0.717) is 0 Å². The van der Waals surface area contributed by atoms with Gasteiger partial charge in [-0.3, -0.25) is 4.55 Å². The molecular formula is C2H4O3S. The van der Waals surface area contributed by atoms with Crippen LogP contribution < -0.4 is 0 Å². The maximum atomic E-state index is 9.42. The van der Waals surface area contributed by atoms with Crippen molar-refractivity contribution in [2.45, 2.75) is 0 Å². The summed E-state index contributed by atoms with van der Waals surface area (Å²) in [4.78, 5) is 0. The predicted octanol–water partition coefficient (Wildman–Crippen LogP) is 0.283. The standard InChI is InChI=1S/C2H4O3S/c1-2-5-6(3)4/h2H,1H2,(H,3,4). The highest BCUT2D eigenvalue weighted by atomic mass is 32.2. The average molecular weight is 108 g/mol. The lowest BCUT2D eigenvalue weighted by Crippen LogP contribution is -1.83. The van der Waals surface area contributed by atoms with E-state index in [4.69, 9.17) is 4.55 Å². The molecule has 0 aromatic rings. The van der Waals surface area contributed by atoms with Crippen LogP contribution in [0.4, 0.5) is 0 Å². The quantitative estimate of drug-likeness (QED) is 0.408. The van der Waals surface area contributed by atoms with Gasteiger partial charge in [-0.25, -0.2) is 0 Å². The average Bonchev–Trinajstić information content (AvgIpc) is 1.35. The van der Waals surface area contributed by atoms with Gasteiger partial charge in [-0.2, -0.15) is 4.21 Å². The topological polar surface area (TPSA) is 46.5 Å². The molecule has 4 heteroatoms. The molecule has 3 nitrogen and oxygen atoms in total. The van der Waals surface area contributed by atoms with Crippen molar-refractivity contribution in [1.82, 2.24) is 0 Å². The molecule has 6 heavy (non-hydrogen) atoms. The Balaban J connectivity index is 3.05. The van der Waals surface area contributed by atoms with Gasteiger partial charge in [0.05, 0.1) is 6.26 Å². The van der Waals surface area contributed by atoms with Crippen molar-refractivity contribution >= 4 is 11.4 Å². The Labute approximate surface area is 38.1 Å². The lowest BCUT2D eigenvalue weighted by Gasteiger charge is -1.82. The van der Waals surface area contributed by atoms with E-state index >= 15 is 0 Å². The van der Waals surface area contributed by atoms with Gasteiger partial charge in [0.15, 0.2) is 0 Å². The SMILES string of the molecule is C=COS(=O)O. The zero-order valence-corrected chi connectivity index (χ0v) is 3.77. The Hall–Kier alpha value is -0.350. The van der Waals surface area contributed by atoms with Crippen molar-refractivity contribution in [2.75, 3.05) is 0 Å². The molecule has 1 unspecified atom stereocenters. The summed E-state index contributed by atoms with van der Waals surface area (Å²) in [5.41, 5.74) is 0. The van der Waals surface area contributed by atoms with Crippen molar-refractivity contribution in [3.63, 3.8) is 0 Å². The van der Waals surface area contributed by atoms with E-state index < -0.39 is 11.4 Å². The minimum Gasteiger partial charge on any atom is -0.389 e. The van der Waals surface area contributed by atoms with Crippen LogP contribution in [0.1, 0.15) is 0 Å². The Morgan fingerprint density at radius 2 is 2.50 bits per heavy atom. The van der Waals surface area contributed by atoms with Crippen LogP contribution >= 0.6 is 0 Å². The molecule has 0 radical (unpaired) electrons. The molecule has 0 aliphatic rings. The molecule has 0 amide bonds. The zero-order valence-electron chi connectivity index (χ0n) is 2.96. The summed E-state index contributed by atoms with van der Waals surface area (Å²) in [6.45, 7) is 3.03. The first-order valence-electron chi connectivity index (χ1n) is 1.16. The van der Waals surface area contributed by atoms with Crippen molar-refractivity contribution in [3.05, 3.63) is 12.8 Å². The molecule has 1 N–H and O–H groups in total. The summed E-state index contributed by atoms with van der Waals surface area (Å²) in [5.74, 6) is 0. The molecule has 1 atom stereocenters. The van der Waals surface area contributed by atoms with E-state index in [-0.39, 0.29) is 0 Å². The van der Waals surface area contributed by atoms with Gasteiger partial charge in [-0.1, -0.05) is 6.58 Å². The Morgan fingerprint density at radius 1 is 2.00 bits per heavy atom. The van der Waals surface area contributed by atoms with Crippen molar-refractivity contribution in [1.29, 1.82) is 0 Å². The molecule has 0 aliphatic carbocycles. The summed E-state index contributed by atoms with van der Waals surface area (Å²) in [6.07, 6.45) is 0.899. The fourth-order valence-electron chi connectivity index (χ4n) is 0.0582. The molecule has 0 saturated carbocycles. The molecule has 0 spiro atoms. The minimum absolute atomic E-state index is 0.899. The Bertz CT molecular complexity index is 69.2. The fraction of sp³-hybridized carbons (Fsp3) is 0. The number of hydrogen-bond donors (Lipinski definition) is 1. The van der Waals surface area contributed by atoms with Crippen LogP contribution in [-0.2, 0) is 15.5 Å². The first-order chi connectivity index (χ1) is 2.77. The van der Waals surface area contributed by atoms with E-state index in [1.807, 2.05) is 0 Å². The summed E-state index contributed by atoms with van der Waals surface area (Å²) in [6, 6.07) is 0. The molecule has 0 aliphatic heterocycles. The van der Waals surface area contributed by atoms with E-state index in [9.17, 15) is 4.21 Å². The van der Waals surface area contributed by atoms with Gasteiger partial charge in [0, 0.05) is 0 Å². The molecule has 0 fully saturated rings. The summed E-state index contributed by atoms with van der Waals surface area (Å²) >= 11 is -2.18. The molecular weight excluding hydrogens is 104 g/mol. The number of rotatable bonds is 2. The lowest BCUT2D eigenvalue weighted by molar-refractivity contribution is 0.421. The third kappa shape index (κ3) is 3.65. The second-order valence-corrected chi connectivity index (χ2v) is 1.11. The lowest BCUT2D eigenvalue weighted by atomic mass is 11.2. The van der Waals surface area contributed by atoms with Crippen LogP contribution in [0.25, 0.3) is 0 Å². The highest BCUT2D eigenvalue weighted by Gasteiger charge is 1.78. The normalized spacial score (nSPS) is 12.8. The third-order valence-corrected chi connectivity index (χ3v) is 0.451. The molecule has 0 bridgehead atoms. The molecule has 0 aromatic carbocycles. The summed E-state index contributed by atoms with van der Waals surface area (Å²) in [7, 11) is 0. The summed E-state index contributed by atoms with van der Waals surface area (Å²) in [5, 5.41) is 0. The maximum Gasteiger partial charge on any atom is 0.356 e. The molecule has 0 heterocycles. The van der Waals surface area contributed by atoms with Crippen LogP contribution in [0.3, 0.4) is 0 Å². The Morgan fingerprint density at radius 3 is 2.50 bits per heavy atom. The van der Waals surface area contributed by atoms with Crippen LogP contribution in [0, 0.1) is 0 Å². The molecule has 0 saturated heterocycles. The van der Waals surface area contributed by atoms with E-state index in [1.165, 1.54) is 0 Å². The van der Waals surface area contributed by atoms with Crippen LogP contribution in [0.5, 0.6) is 0 Å². The smallest absolute Gasteiger partial charge is 0.356 e. The van der Waals surface area contributed by atoms with Crippen molar-refractivity contribution in [3.8, 4) is 0 Å². The van der Waals surface area contributed by atoms with Gasteiger partial charge in [-0.05, 0) is 0 Å². The van der Waals surface area contributed by atoms with Crippen molar-refractivity contribution in [2.24, 2.45) is 0 Å². The first kappa shape index (κ1) is 5.65. The monoisotopic (exact) mass is 108 g/mol. The second kappa shape index (κ2) is 2.87. The van der Waals surface area contributed by atoms with Gasteiger partial charge in [-0.15, -0.1) is 0 Å². The second-order valence-electron chi connectivity index (χ2n) is 0.480. The maximum absolute atomic E-state index is 9.42. The molecule has 36 valence electrons. The Kier molecular flexibility index (Phi) is 2.70. The van der Waals surface area contributed by atoms with E-state index in [0.717, 1.165) is 6.26 Å². The third-order valence-electron chi connectivity index (χ3n) is 0.150. The van der Waals surface area contributed by atoms with E-state index in [1.54, 1.807) is 0 Å². The number of hydrogen-bond acceptors (Lipinski definition) is 2. The minimum atomic E-state index is -2.18. The fourth-order valence-corrected chi connectivity index (χ4v) is 0.175. The van der Waals surface area contributed by atoms with Crippen molar-refractivity contribution < 1.29 is 12.9 Å². The van der Waals surface area contributed by atoms with Crippen LogP contribution in [0.15, 0.2) is 12.8 Å². The van der Waals surface area contributed by atoms with E-state index in [2.05, 4.69) is 10.8 Å². The van der Waals surface area contributed by atoms with Gasteiger partial charge in [0.1, 0.15) is 0 Å².